The molecule has 10 heteroatoms. The zero-order valence-corrected chi connectivity index (χ0v) is 18.5. The number of aromatic nitrogens is 4. The number of carbonyl (C=O) groups excluding carboxylic acids is 1. The second-order valence-corrected chi connectivity index (χ2v) is 7.37. The molecular weight excluding hydrogens is 412 g/mol. The zero-order valence-electron chi connectivity index (χ0n) is 18.5. The summed E-state index contributed by atoms with van der Waals surface area (Å²) in [6.07, 6.45) is 5.08. The molecule has 3 heterocycles. The molecule has 0 aliphatic carbocycles. The van der Waals surface area contributed by atoms with E-state index in [1.807, 2.05) is 42.1 Å². The van der Waals surface area contributed by atoms with E-state index < -0.39 is 5.97 Å². The van der Waals surface area contributed by atoms with Crippen molar-refractivity contribution in [2.45, 2.75) is 12.8 Å². The fraction of sp³-hybridized carbons (Fsp3) is 0.364. The van der Waals surface area contributed by atoms with Gasteiger partial charge < -0.3 is 25.0 Å². The highest BCUT2D eigenvalue weighted by Gasteiger charge is 2.28. The fourth-order valence-corrected chi connectivity index (χ4v) is 3.39. The summed E-state index contributed by atoms with van der Waals surface area (Å²) in [6, 6.07) is 7.88. The van der Waals surface area contributed by atoms with Crippen LogP contribution >= 0.6 is 0 Å². The molecule has 1 aliphatic rings. The van der Waals surface area contributed by atoms with Crippen molar-refractivity contribution in [3.05, 3.63) is 53.7 Å². The molecule has 10 nitrogen and oxygen atoms in total. The van der Waals surface area contributed by atoms with E-state index in [2.05, 4.69) is 10.1 Å². The summed E-state index contributed by atoms with van der Waals surface area (Å²) in [5.41, 5.74) is 7.61. The number of hydrogen-bond donors (Lipinski definition) is 2. The molecule has 0 saturated carbocycles. The van der Waals surface area contributed by atoms with Crippen LogP contribution in [0.1, 0.15) is 33.1 Å². The molecule has 3 aromatic rings. The van der Waals surface area contributed by atoms with E-state index in [0.29, 0.717) is 19.6 Å². The Hall–Kier alpha value is -3.66. The number of para-hydroxylation sites is 1. The van der Waals surface area contributed by atoms with Crippen molar-refractivity contribution in [3.63, 3.8) is 0 Å². The van der Waals surface area contributed by atoms with Gasteiger partial charge >= 0.3 is 5.97 Å². The minimum Gasteiger partial charge on any atom is -0.496 e. The number of aromatic carboxylic acids is 1. The third-order valence-electron chi connectivity index (χ3n) is 5.24. The van der Waals surface area contributed by atoms with Crippen molar-refractivity contribution in [1.29, 1.82) is 0 Å². The van der Waals surface area contributed by atoms with Gasteiger partial charge in [-0.25, -0.2) is 9.78 Å². The van der Waals surface area contributed by atoms with Crippen LogP contribution in [0.5, 0.6) is 5.75 Å². The first kappa shape index (κ1) is 23.0. The van der Waals surface area contributed by atoms with Crippen LogP contribution in [-0.4, -0.2) is 68.0 Å². The molecule has 1 saturated heterocycles. The van der Waals surface area contributed by atoms with Gasteiger partial charge in [0.25, 0.3) is 5.91 Å². The summed E-state index contributed by atoms with van der Waals surface area (Å²) in [5.74, 6) is 0.462. The Morgan fingerprint density at radius 1 is 1.22 bits per heavy atom. The Morgan fingerprint density at radius 2 is 1.94 bits per heavy atom. The van der Waals surface area contributed by atoms with Crippen molar-refractivity contribution in [1.82, 2.24) is 24.2 Å². The van der Waals surface area contributed by atoms with Crippen molar-refractivity contribution in [2.24, 2.45) is 19.8 Å². The molecule has 0 radical (unpaired) electrons. The highest BCUT2D eigenvalue weighted by Crippen LogP contribution is 2.28. The van der Waals surface area contributed by atoms with Crippen LogP contribution in [0, 0.1) is 0 Å². The number of nitrogens with zero attached hydrogens (tertiary/aromatic N) is 5. The number of imidazole rings is 1. The van der Waals surface area contributed by atoms with E-state index in [4.69, 9.17) is 15.6 Å². The van der Waals surface area contributed by atoms with E-state index in [9.17, 15) is 9.59 Å². The molecule has 4 rings (SSSR count). The number of amides is 1. The number of aryl methyl sites for hydroxylation is 2. The highest BCUT2D eigenvalue weighted by atomic mass is 16.5. The molecule has 1 amide bonds. The second kappa shape index (κ2) is 10.1. The fourth-order valence-electron chi connectivity index (χ4n) is 3.39. The zero-order chi connectivity index (χ0) is 23.3. The van der Waals surface area contributed by atoms with Crippen molar-refractivity contribution < 1.29 is 19.4 Å². The molecule has 170 valence electrons. The third-order valence-corrected chi connectivity index (χ3v) is 5.24. The number of carbonyl (C=O) groups is 2. The SMILES string of the molecule is COc1ccccc1-c1cn(C)c(CCN)n1.Cn1ncc(C(=O)N2CCC2)c1C(=O)O. The normalized spacial score (nSPS) is 12.6. The molecule has 1 aromatic carbocycles. The van der Waals surface area contributed by atoms with E-state index in [-0.39, 0.29) is 17.2 Å². The Bertz CT molecular complexity index is 1100. The number of ether oxygens (including phenoxy) is 1. The molecular formula is C22H28N6O4. The van der Waals surface area contributed by atoms with Crippen LogP contribution in [0.2, 0.25) is 0 Å². The van der Waals surface area contributed by atoms with Gasteiger partial charge in [-0.1, -0.05) is 12.1 Å². The van der Waals surface area contributed by atoms with Gasteiger partial charge in [-0.15, -0.1) is 0 Å². The molecule has 0 unspecified atom stereocenters. The van der Waals surface area contributed by atoms with Crippen LogP contribution in [0.4, 0.5) is 0 Å². The molecule has 1 fully saturated rings. The van der Waals surface area contributed by atoms with Gasteiger partial charge in [-0.2, -0.15) is 5.10 Å². The Balaban J connectivity index is 0.000000182. The number of methoxy groups -OCH3 is 1. The number of nitrogens with two attached hydrogens (primary N) is 1. The number of benzene rings is 1. The second-order valence-electron chi connectivity index (χ2n) is 7.37. The Kier molecular flexibility index (Phi) is 7.26. The smallest absolute Gasteiger partial charge is 0.354 e. The quantitative estimate of drug-likeness (QED) is 0.595. The summed E-state index contributed by atoms with van der Waals surface area (Å²) in [5, 5.41) is 12.7. The van der Waals surface area contributed by atoms with Gasteiger partial charge in [-0.05, 0) is 25.1 Å². The predicted octanol–water partition coefficient (Wildman–Crippen LogP) is 1.56. The van der Waals surface area contributed by atoms with Crippen LogP contribution in [0.3, 0.4) is 0 Å². The summed E-state index contributed by atoms with van der Waals surface area (Å²) < 4.78 is 8.55. The van der Waals surface area contributed by atoms with Crippen molar-refractivity contribution in [2.75, 3.05) is 26.7 Å². The summed E-state index contributed by atoms with van der Waals surface area (Å²) in [6.45, 7) is 2.01. The Labute approximate surface area is 186 Å². The lowest BCUT2D eigenvalue weighted by molar-refractivity contribution is 0.0621. The van der Waals surface area contributed by atoms with Gasteiger partial charge in [0.1, 0.15) is 11.6 Å². The van der Waals surface area contributed by atoms with E-state index >= 15 is 0 Å². The van der Waals surface area contributed by atoms with Crippen LogP contribution < -0.4 is 10.5 Å². The summed E-state index contributed by atoms with van der Waals surface area (Å²) in [4.78, 5) is 28.9. The minimum atomic E-state index is -1.13. The number of rotatable bonds is 6. The van der Waals surface area contributed by atoms with Gasteiger partial charge in [-0.3, -0.25) is 9.48 Å². The average Bonchev–Trinajstić information content (AvgIpc) is 3.30. The van der Waals surface area contributed by atoms with Crippen LogP contribution in [0.15, 0.2) is 36.7 Å². The maximum absolute atomic E-state index is 11.8. The van der Waals surface area contributed by atoms with E-state index in [0.717, 1.165) is 35.7 Å². The lowest BCUT2D eigenvalue weighted by Gasteiger charge is -2.30. The lowest BCUT2D eigenvalue weighted by Crippen LogP contribution is -2.42. The number of hydrogen-bond acceptors (Lipinski definition) is 6. The number of carboxylic acids is 1. The lowest BCUT2D eigenvalue weighted by atomic mass is 10.1. The first-order valence-electron chi connectivity index (χ1n) is 10.3. The first-order valence-corrected chi connectivity index (χ1v) is 10.3. The summed E-state index contributed by atoms with van der Waals surface area (Å²) in [7, 11) is 5.16. The maximum Gasteiger partial charge on any atom is 0.354 e. The highest BCUT2D eigenvalue weighted by molar-refractivity contribution is 6.03. The Morgan fingerprint density at radius 3 is 2.53 bits per heavy atom. The van der Waals surface area contributed by atoms with Crippen LogP contribution in [0.25, 0.3) is 11.3 Å². The van der Waals surface area contributed by atoms with Gasteiger partial charge in [0.15, 0.2) is 5.69 Å². The van der Waals surface area contributed by atoms with E-state index in [1.165, 1.54) is 17.9 Å². The number of likely N-dealkylation sites (tertiary alicyclic amines) is 1. The molecule has 2 aromatic heterocycles. The topological polar surface area (TPSA) is 128 Å². The molecule has 0 spiro atoms. The van der Waals surface area contributed by atoms with Crippen molar-refractivity contribution in [3.8, 4) is 17.0 Å². The maximum atomic E-state index is 11.8. The largest absolute Gasteiger partial charge is 0.496 e. The van der Waals surface area contributed by atoms with Crippen LogP contribution in [-0.2, 0) is 20.5 Å². The van der Waals surface area contributed by atoms with Gasteiger partial charge in [0.05, 0.1) is 24.6 Å². The number of carboxylic acid groups (broad SMARTS) is 1. The molecule has 0 bridgehead atoms. The molecule has 1 aliphatic heterocycles. The first-order chi connectivity index (χ1) is 15.4. The molecule has 3 N–H and O–H groups in total. The average molecular weight is 441 g/mol. The predicted molar refractivity (Wildman–Crippen MR) is 119 cm³/mol. The van der Waals surface area contributed by atoms with Gasteiger partial charge in [0.2, 0.25) is 0 Å². The molecule has 32 heavy (non-hydrogen) atoms. The standard InChI is InChI=1S/C13H17N3O.C9H11N3O3/c1-16-9-11(15-13(16)7-8-14)10-5-3-4-6-12(10)17-2;1-11-7(9(14)15)6(5-10-11)8(13)12-3-2-4-12/h3-6,9H,7-8,14H2,1-2H3;5H,2-4H2,1H3,(H,14,15). The molecule has 0 atom stereocenters. The summed E-state index contributed by atoms with van der Waals surface area (Å²) >= 11 is 0. The van der Waals surface area contributed by atoms with Crippen molar-refractivity contribution >= 4 is 11.9 Å². The minimum absolute atomic E-state index is 0.0492. The van der Waals surface area contributed by atoms with E-state index in [1.54, 1.807) is 12.0 Å². The monoisotopic (exact) mass is 440 g/mol. The third kappa shape index (κ3) is 4.80. The van der Waals surface area contributed by atoms with Gasteiger partial charge in [0, 0.05) is 45.4 Å².